The topological polar surface area (TPSA) is 108 Å². The van der Waals surface area contributed by atoms with Crippen LogP contribution in [0.25, 0.3) is 11.3 Å². The number of aromatic nitrogens is 4. The Morgan fingerprint density at radius 2 is 1.97 bits per heavy atom. The van der Waals surface area contributed by atoms with Gasteiger partial charge in [-0.3, -0.25) is 4.90 Å². The monoisotopic (exact) mass is 496 g/mol. The number of phenolic OH excluding ortho intramolecular Hbond substituents is 1. The van der Waals surface area contributed by atoms with Crippen LogP contribution in [0.15, 0.2) is 42.6 Å². The Bertz CT molecular complexity index is 1350. The van der Waals surface area contributed by atoms with E-state index in [-0.39, 0.29) is 11.8 Å². The van der Waals surface area contributed by atoms with Gasteiger partial charge in [-0.15, -0.1) is 10.2 Å². The summed E-state index contributed by atoms with van der Waals surface area (Å²) < 4.78 is 0. The molecule has 1 saturated carbocycles. The van der Waals surface area contributed by atoms with Crippen LogP contribution in [0.4, 0.5) is 17.3 Å². The summed E-state index contributed by atoms with van der Waals surface area (Å²) in [6.45, 7) is 6.56. The van der Waals surface area contributed by atoms with Crippen molar-refractivity contribution in [2.45, 2.75) is 38.3 Å². The second kappa shape index (κ2) is 9.87. The first kappa shape index (κ1) is 23.5. The molecule has 9 nitrogen and oxygen atoms in total. The molecular formula is C28H32N8O. The number of nitrogens with two attached hydrogens (primary N) is 1. The van der Waals surface area contributed by atoms with E-state index >= 15 is 0 Å². The lowest BCUT2D eigenvalue weighted by Gasteiger charge is -2.28. The van der Waals surface area contributed by atoms with Crippen LogP contribution in [0.2, 0.25) is 0 Å². The highest BCUT2D eigenvalue weighted by Crippen LogP contribution is 2.40. The molecule has 0 unspecified atom stereocenters. The Morgan fingerprint density at radius 1 is 1.11 bits per heavy atom. The molecule has 3 saturated heterocycles. The van der Waals surface area contributed by atoms with E-state index in [0.717, 1.165) is 56.1 Å². The lowest BCUT2D eigenvalue weighted by Crippen LogP contribution is -2.35. The smallest absolute Gasteiger partial charge is 0.206 e. The van der Waals surface area contributed by atoms with Crippen LogP contribution in [0, 0.1) is 17.8 Å². The fourth-order valence-electron chi connectivity index (χ4n) is 5.72. The molecule has 37 heavy (non-hydrogen) atoms. The minimum absolute atomic E-state index is 0.169. The van der Waals surface area contributed by atoms with Gasteiger partial charge >= 0.3 is 0 Å². The summed E-state index contributed by atoms with van der Waals surface area (Å²) in [5.74, 6) is 9.40. The molecule has 0 spiro atoms. The number of hydrogen-bond donors (Lipinski definition) is 2. The summed E-state index contributed by atoms with van der Waals surface area (Å²) in [5.41, 5.74) is 8.33. The van der Waals surface area contributed by atoms with E-state index in [2.05, 4.69) is 48.6 Å². The summed E-state index contributed by atoms with van der Waals surface area (Å²) in [5, 5.41) is 18.7. The summed E-state index contributed by atoms with van der Waals surface area (Å²) in [6, 6.07) is 12.0. The number of phenols is 1. The van der Waals surface area contributed by atoms with E-state index in [4.69, 9.17) is 10.7 Å². The molecule has 7 rings (SSSR count). The van der Waals surface area contributed by atoms with E-state index in [1.807, 2.05) is 24.3 Å². The largest absolute Gasteiger partial charge is 0.507 e. The fraction of sp³-hybridized carbons (Fsp3) is 0.429. The number of anilines is 3. The molecule has 190 valence electrons. The molecule has 3 N–H and O–H groups in total. The van der Waals surface area contributed by atoms with Crippen molar-refractivity contribution in [3.63, 3.8) is 0 Å². The van der Waals surface area contributed by atoms with Crippen molar-refractivity contribution in [3.8, 4) is 28.8 Å². The predicted molar refractivity (Wildman–Crippen MR) is 144 cm³/mol. The summed E-state index contributed by atoms with van der Waals surface area (Å²) in [6.07, 6.45) is 5.41. The summed E-state index contributed by atoms with van der Waals surface area (Å²) in [4.78, 5) is 16.2. The Labute approximate surface area is 217 Å². The number of fused-ring (bicyclic) bond motifs is 1. The summed E-state index contributed by atoms with van der Waals surface area (Å²) >= 11 is 0. The van der Waals surface area contributed by atoms with Gasteiger partial charge in [0, 0.05) is 50.0 Å². The SMILES string of the molecule is C[C@H]1CCN(c2cc(-c3ccccc3O)nnc2N)CCN1c1ccnc(C#CCN2CC3CC2C3)n1. The van der Waals surface area contributed by atoms with Crippen LogP contribution in [0.5, 0.6) is 5.75 Å². The molecule has 0 amide bonds. The van der Waals surface area contributed by atoms with Gasteiger partial charge < -0.3 is 20.6 Å². The van der Waals surface area contributed by atoms with Gasteiger partial charge in [0.2, 0.25) is 5.82 Å². The van der Waals surface area contributed by atoms with Gasteiger partial charge in [0.15, 0.2) is 5.82 Å². The van der Waals surface area contributed by atoms with Crippen molar-refractivity contribution >= 4 is 17.3 Å². The maximum absolute atomic E-state index is 10.3. The van der Waals surface area contributed by atoms with E-state index in [0.29, 0.717) is 22.9 Å². The van der Waals surface area contributed by atoms with Gasteiger partial charge in [-0.05, 0) is 62.3 Å². The zero-order valence-electron chi connectivity index (χ0n) is 21.1. The lowest BCUT2D eigenvalue weighted by molar-refractivity contribution is 0.268. The van der Waals surface area contributed by atoms with Gasteiger partial charge in [-0.25, -0.2) is 9.97 Å². The number of hydrogen-bond acceptors (Lipinski definition) is 9. The number of aromatic hydroxyl groups is 1. The molecule has 3 aliphatic heterocycles. The summed E-state index contributed by atoms with van der Waals surface area (Å²) in [7, 11) is 0. The van der Waals surface area contributed by atoms with E-state index in [1.54, 1.807) is 18.3 Å². The van der Waals surface area contributed by atoms with Crippen molar-refractivity contribution in [2.75, 3.05) is 48.3 Å². The molecule has 1 atom stereocenters. The van der Waals surface area contributed by atoms with E-state index < -0.39 is 0 Å². The van der Waals surface area contributed by atoms with Crippen molar-refractivity contribution in [3.05, 3.63) is 48.4 Å². The van der Waals surface area contributed by atoms with Gasteiger partial charge in [0.05, 0.1) is 17.9 Å². The third-order valence-corrected chi connectivity index (χ3v) is 7.92. The van der Waals surface area contributed by atoms with Crippen molar-refractivity contribution in [1.29, 1.82) is 0 Å². The maximum Gasteiger partial charge on any atom is 0.206 e. The molecule has 1 aromatic carbocycles. The molecule has 9 heteroatoms. The van der Waals surface area contributed by atoms with Crippen LogP contribution >= 0.6 is 0 Å². The minimum Gasteiger partial charge on any atom is -0.507 e. The van der Waals surface area contributed by atoms with Gasteiger partial charge in [0.1, 0.15) is 11.6 Å². The highest BCUT2D eigenvalue weighted by Gasteiger charge is 2.41. The van der Waals surface area contributed by atoms with Gasteiger partial charge in [0.25, 0.3) is 0 Å². The maximum atomic E-state index is 10.3. The molecular weight excluding hydrogens is 464 g/mol. The van der Waals surface area contributed by atoms with Crippen molar-refractivity contribution in [2.24, 2.45) is 5.92 Å². The molecule has 4 aliphatic rings. The number of para-hydroxylation sites is 1. The molecule has 3 aromatic rings. The van der Waals surface area contributed by atoms with Crippen LogP contribution in [0.3, 0.4) is 0 Å². The second-order valence-electron chi connectivity index (χ2n) is 10.3. The quantitative estimate of drug-likeness (QED) is 0.527. The first-order valence-electron chi connectivity index (χ1n) is 13.0. The molecule has 2 aromatic heterocycles. The molecule has 0 radical (unpaired) electrons. The van der Waals surface area contributed by atoms with Crippen molar-refractivity contribution in [1.82, 2.24) is 25.1 Å². The third kappa shape index (κ3) is 4.77. The number of nitrogens with zero attached hydrogens (tertiary/aromatic N) is 7. The van der Waals surface area contributed by atoms with Gasteiger partial charge in [-0.1, -0.05) is 18.1 Å². The zero-order chi connectivity index (χ0) is 25.4. The Morgan fingerprint density at radius 3 is 2.78 bits per heavy atom. The third-order valence-electron chi connectivity index (χ3n) is 7.92. The average molecular weight is 497 g/mol. The van der Waals surface area contributed by atoms with Crippen molar-refractivity contribution < 1.29 is 5.11 Å². The van der Waals surface area contributed by atoms with Crippen LogP contribution in [-0.4, -0.2) is 75.0 Å². The van der Waals surface area contributed by atoms with E-state index in [1.165, 1.54) is 19.4 Å². The average Bonchev–Trinajstić information content (AvgIpc) is 3.41. The van der Waals surface area contributed by atoms with Crippen LogP contribution in [-0.2, 0) is 0 Å². The van der Waals surface area contributed by atoms with E-state index in [9.17, 15) is 5.11 Å². The molecule has 5 heterocycles. The number of nitrogen functional groups attached to an aromatic ring is 1. The first-order chi connectivity index (χ1) is 18.0. The normalized spacial score (nSPS) is 23.2. The Hall–Kier alpha value is -3.90. The number of rotatable bonds is 4. The van der Waals surface area contributed by atoms with Crippen LogP contribution in [0.1, 0.15) is 32.0 Å². The molecule has 4 fully saturated rings. The highest BCUT2D eigenvalue weighted by atomic mass is 16.3. The lowest BCUT2D eigenvalue weighted by atomic mass is 9.86. The van der Waals surface area contributed by atoms with Gasteiger partial charge in [-0.2, -0.15) is 0 Å². The number of benzene rings is 1. The highest BCUT2D eigenvalue weighted by molar-refractivity contribution is 5.74. The predicted octanol–water partition coefficient (Wildman–Crippen LogP) is 2.77. The Balaban J connectivity index is 1.17. The van der Waals surface area contributed by atoms with Crippen LogP contribution < -0.4 is 15.5 Å². The Kier molecular flexibility index (Phi) is 6.26. The molecule has 2 bridgehead atoms. The fourth-order valence-corrected chi connectivity index (χ4v) is 5.72. The molecule has 1 aliphatic carbocycles. The minimum atomic E-state index is 0.169. The zero-order valence-corrected chi connectivity index (χ0v) is 21.1. The second-order valence-corrected chi connectivity index (χ2v) is 10.3. The first-order valence-corrected chi connectivity index (χ1v) is 13.0. The standard InChI is InChI=1S/C28H32N8O/c1-19-9-12-34(24-17-23(32-33-28(24)29)22-5-2-3-6-25(22)37)13-14-36(19)27-8-10-30-26(31-27)7-4-11-35-18-20-15-21(35)16-20/h2-3,5-6,8,10,17,19-21,37H,9,11-16,18H2,1H3,(H2,29,33)/t19-,20?,21?/m0/s1.